The Hall–Kier alpha value is -4.88. The maximum absolute atomic E-state index is 9.65. The van der Waals surface area contributed by atoms with Gasteiger partial charge in [-0.15, -0.1) is 11.2 Å². The molecule has 0 atom stereocenters. The molecule has 0 amide bonds. The summed E-state index contributed by atoms with van der Waals surface area (Å²) in [6.07, 6.45) is 0. The molecular formula is C50H43BrN2OP2Ru. The van der Waals surface area contributed by atoms with Crippen molar-refractivity contribution in [3.63, 3.8) is 0 Å². The minimum absolute atomic E-state index is 0.140. The molecule has 0 saturated heterocycles. The Kier molecular flexibility index (Phi) is 18.2. The van der Waals surface area contributed by atoms with Crippen molar-refractivity contribution in [3.8, 4) is 5.75 Å². The van der Waals surface area contributed by atoms with Crippen molar-refractivity contribution in [2.75, 3.05) is 0 Å². The van der Waals surface area contributed by atoms with Crippen LogP contribution in [0.4, 0.5) is 11.4 Å². The van der Waals surface area contributed by atoms with Crippen LogP contribution in [0.25, 0.3) is 0 Å². The van der Waals surface area contributed by atoms with Crippen molar-refractivity contribution < 1.29 is 21.4 Å². The molecule has 0 saturated carbocycles. The third-order valence-corrected chi connectivity index (χ3v) is 13.3. The van der Waals surface area contributed by atoms with E-state index in [-0.39, 0.29) is 5.75 Å². The Balaban J connectivity index is 0.000000160. The van der Waals surface area contributed by atoms with Gasteiger partial charge in [0.25, 0.3) is 0 Å². The fourth-order valence-electron chi connectivity index (χ4n) is 5.74. The first kappa shape index (κ1) is 43.2. The molecule has 8 aromatic carbocycles. The van der Waals surface area contributed by atoms with Crippen LogP contribution in [-0.2, 0) is 16.3 Å². The third kappa shape index (κ3) is 13.6. The Morgan fingerprint density at radius 3 is 1.02 bits per heavy atom. The Morgan fingerprint density at radius 1 is 0.421 bits per heavy atom. The Labute approximate surface area is 357 Å². The smallest absolute Gasteiger partial charge is 0.0134 e. The molecule has 0 fully saturated rings. The molecule has 8 aromatic rings. The van der Waals surface area contributed by atoms with E-state index < -0.39 is 15.8 Å². The summed E-state index contributed by atoms with van der Waals surface area (Å²) in [5, 5.41) is 26.0. The molecule has 0 spiro atoms. The van der Waals surface area contributed by atoms with Gasteiger partial charge in [0.1, 0.15) is 11.4 Å². The van der Waals surface area contributed by atoms with Gasteiger partial charge in [-0.25, -0.2) is 0 Å². The second kappa shape index (κ2) is 24.0. The van der Waals surface area contributed by atoms with Crippen LogP contribution in [0, 0.1) is 19.9 Å². The first-order valence-corrected chi connectivity index (χ1v) is 24.9. The van der Waals surface area contributed by atoms with Gasteiger partial charge in [0, 0.05) is 0 Å². The summed E-state index contributed by atoms with van der Waals surface area (Å²) < 4.78 is 0. The van der Waals surface area contributed by atoms with Gasteiger partial charge in [-0.2, -0.15) is 28.9 Å². The van der Waals surface area contributed by atoms with Crippen LogP contribution in [0.2, 0.25) is 0 Å². The SMILES string of the molecule is Cc1c[c-]c(N=Nc2ccc(C)cc2O)cc1.[Br][Ru+].c1ccc(P(c2ccccc2)c2ccccc2)cc1.c1ccc(P(c2ccccc2)c2ccccc2)cc1. The molecule has 1 N–H and O–H groups in total. The number of nitrogens with zero attached hydrogens (tertiary/aromatic N) is 2. The average molecular weight is 931 g/mol. The van der Waals surface area contributed by atoms with E-state index in [1.165, 1.54) is 31.8 Å². The van der Waals surface area contributed by atoms with Gasteiger partial charge in [0.15, 0.2) is 0 Å². The largest absolute Gasteiger partial charge is 0.0622 e. The fourth-order valence-corrected chi connectivity index (χ4v) is 10.3. The number of phenolic OH excluding ortho intramolecular Hbond substituents is 1. The summed E-state index contributed by atoms with van der Waals surface area (Å²) in [6.45, 7) is 3.90. The Bertz CT molecular complexity index is 2030. The molecule has 0 radical (unpaired) electrons. The van der Waals surface area contributed by atoms with E-state index in [9.17, 15) is 5.11 Å². The molecule has 0 unspecified atom stereocenters. The molecule has 284 valence electrons. The number of rotatable bonds is 8. The minimum atomic E-state index is -0.446. The molecule has 0 aliphatic rings. The van der Waals surface area contributed by atoms with Gasteiger partial charge in [0.2, 0.25) is 0 Å². The van der Waals surface area contributed by atoms with Gasteiger partial charge in [-0.05, 0) is 78.0 Å². The standard InChI is InChI=1S/2C18H15P.C14H13N2O.BrH.Ru/c2*1-4-10-16(11-5-1)19(17-12-6-2-7-13-17)18-14-8-3-9-15-18;1-10-3-6-12(7-4-10)15-16-13-8-5-11(2)9-14(13)17;;/h2*1-15H;3-6,8-9,17H,1-2H3;1H;/q;;-1;;+2/p-1. The second-order valence-corrected chi connectivity index (χ2v) is 17.1. The van der Waals surface area contributed by atoms with Gasteiger partial charge in [-0.3, -0.25) is 0 Å². The van der Waals surface area contributed by atoms with Crippen LogP contribution >= 0.6 is 29.5 Å². The van der Waals surface area contributed by atoms with Crippen LogP contribution in [0.1, 0.15) is 11.1 Å². The third-order valence-electron chi connectivity index (χ3n) is 8.43. The number of benzene rings is 8. The second-order valence-electron chi connectivity index (χ2n) is 12.6. The minimum Gasteiger partial charge on any atom is -0.0622 e. The van der Waals surface area contributed by atoms with Crippen LogP contribution < -0.4 is 31.8 Å². The monoisotopic (exact) mass is 930 g/mol. The number of aromatic hydroxyl groups is 1. The van der Waals surface area contributed by atoms with Crippen LogP contribution in [0.5, 0.6) is 5.75 Å². The number of halogens is 1. The molecule has 8 rings (SSSR count). The topological polar surface area (TPSA) is 45.0 Å². The van der Waals surface area contributed by atoms with E-state index in [1.54, 1.807) is 12.1 Å². The molecule has 57 heavy (non-hydrogen) atoms. The zero-order valence-corrected chi connectivity index (χ0v) is 36.9. The number of azo groups is 1. The molecule has 0 aliphatic heterocycles. The van der Waals surface area contributed by atoms with Crippen LogP contribution in [-0.4, -0.2) is 5.11 Å². The number of hydrogen-bond acceptors (Lipinski definition) is 3. The zero-order valence-electron chi connectivity index (χ0n) is 31.8. The molecule has 0 aromatic heterocycles. The molecular weight excluding hydrogens is 887 g/mol. The van der Waals surface area contributed by atoms with Crippen molar-refractivity contribution >= 4 is 72.7 Å². The Morgan fingerprint density at radius 2 is 0.737 bits per heavy atom. The maximum atomic E-state index is 9.65. The molecule has 3 nitrogen and oxygen atoms in total. The summed E-state index contributed by atoms with van der Waals surface area (Å²) in [5.74, 6) is 0.140. The fraction of sp³-hybridized carbons (Fsp3) is 0.0400. The summed E-state index contributed by atoms with van der Waals surface area (Å²) in [7, 11) is -0.892. The summed E-state index contributed by atoms with van der Waals surface area (Å²) in [4.78, 5) is 0. The number of phenols is 1. The van der Waals surface area contributed by atoms with Crippen molar-refractivity contribution in [1.29, 1.82) is 0 Å². The van der Waals surface area contributed by atoms with Gasteiger partial charge in [0.05, 0.1) is 0 Å². The van der Waals surface area contributed by atoms with Gasteiger partial charge in [-0.1, -0.05) is 195 Å². The van der Waals surface area contributed by atoms with E-state index in [0.717, 1.165) is 11.1 Å². The quantitative estimate of drug-likeness (QED) is 0.0702. The van der Waals surface area contributed by atoms with Crippen molar-refractivity contribution in [1.82, 2.24) is 0 Å². The van der Waals surface area contributed by atoms with Crippen LogP contribution in [0.15, 0.2) is 229 Å². The van der Waals surface area contributed by atoms with Gasteiger partial charge >= 0.3 is 30.0 Å². The van der Waals surface area contributed by atoms with Crippen LogP contribution in [0.3, 0.4) is 0 Å². The van der Waals surface area contributed by atoms with E-state index in [0.29, 0.717) is 11.4 Å². The first-order chi connectivity index (χ1) is 28.0. The van der Waals surface area contributed by atoms with E-state index in [4.69, 9.17) is 0 Å². The predicted molar refractivity (Wildman–Crippen MR) is 246 cm³/mol. The molecule has 0 bridgehead atoms. The summed E-state index contributed by atoms with van der Waals surface area (Å²) in [6, 6.07) is 78.6. The number of hydrogen-bond donors (Lipinski definition) is 1. The van der Waals surface area contributed by atoms with Crippen molar-refractivity contribution in [3.05, 3.63) is 236 Å². The first-order valence-electron chi connectivity index (χ1n) is 18.3. The van der Waals surface area contributed by atoms with Gasteiger partial charge < -0.3 is 5.11 Å². The number of aryl methyl sites for hydroxylation is 2. The summed E-state index contributed by atoms with van der Waals surface area (Å²) in [5.41, 5.74) is 3.23. The van der Waals surface area contributed by atoms with Crippen molar-refractivity contribution in [2.45, 2.75) is 13.8 Å². The molecule has 0 heterocycles. The zero-order chi connectivity index (χ0) is 40.1. The average Bonchev–Trinajstić information content (AvgIpc) is 3.28. The van der Waals surface area contributed by atoms with Crippen molar-refractivity contribution in [2.24, 2.45) is 10.2 Å². The summed E-state index contributed by atoms with van der Waals surface area (Å²) >= 11 is 5.03. The normalized spacial score (nSPS) is 10.4. The van der Waals surface area contributed by atoms with E-state index >= 15 is 0 Å². The maximum Gasteiger partial charge on any atom is -0.0134 e. The van der Waals surface area contributed by atoms with E-state index in [1.807, 2.05) is 38.1 Å². The molecule has 0 aliphatic carbocycles. The molecule has 7 heteroatoms. The van der Waals surface area contributed by atoms with E-state index in [2.05, 4.69) is 228 Å². The predicted octanol–water partition coefficient (Wildman–Crippen LogP) is 12.0.